The van der Waals surface area contributed by atoms with Crippen molar-refractivity contribution in [2.75, 3.05) is 13.2 Å². The molecule has 0 atom stereocenters. The summed E-state index contributed by atoms with van der Waals surface area (Å²) in [6, 6.07) is 15.7. The zero-order chi connectivity index (χ0) is 20.2. The summed E-state index contributed by atoms with van der Waals surface area (Å²) in [6.07, 6.45) is 2.38. The molecule has 1 N–H and O–H groups in total. The summed E-state index contributed by atoms with van der Waals surface area (Å²) in [5.41, 5.74) is 2.46. The van der Waals surface area contributed by atoms with Gasteiger partial charge in [-0.05, 0) is 43.7 Å². The third-order valence-corrected chi connectivity index (χ3v) is 4.60. The second kappa shape index (κ2) is 8.22. The van der Waals surface area contributed by atoms with Crippen LogP contribution in [0.1, 0.15) is 22.5 Å². The number of amides is 1. The van der Waals surface area contributed by atoms with E-state index in [9.17, 15) is 9.18 Å². The monoisotopic (exact) mass is 389 g/mol. The summed E-state index contributed by atoms with van der Waals surface area (Å²) in [4.78, 5) is 21.3. The molecule has 0 aliphatic rings. The van der Waals surface area contributed by atoms with Crippen molar-refractivity contribution in [1.82, 2.24) is 15.3 Å². The first-order valence-electron chi connectivity index (χ1n) is 9.43. The Labute approximate surface area is 167 Å². The molecule has 2 heterocycles. The van der Waals surface area contributed by atoms with Crippen LogP contribution < -0.4 is 10.1 Å². The van der Waals surface area contributed by atoms with Crippen LogP contribution in [-0.2, 0) is 0 Å². The molecule has 0 fully saturated rings. The molecule has 4 rings (SSSR count). The summed E-state index contributed by atoms with van der Waals surface area (Å²) in [6.45, 7) is 2.70. The molecule has 146 valence electrons. The fourth-order valence-electron chi connectivity index (χ4n) is 3.27. The lowest BCUT2D eigenvalue weighted by Crippen LogP contribution is -2.26. The molecular weight excluding hydrogens is 369 g/mol. The molecule has 29 heavy (non-hydrogen) atoms. The number of carbonyl (C=O) groups excluding carboxylic acids is 1. The largest absolute Gasteiger partial charge is 0.491 e. The second-order valence-corrected chi connectivity index (χ2v) is 6.76. The average Bonchev–Trinajstić information content (AvgIpc) is 2.72. The minimum absolute atomic E-state index is 0.209. The minimum Gasteiger partial charge on any atom is -0.491 e. The van der Waals surface area contributed by atoms with Crippen molar-refractivity contribution in [3.05, 3.63) is 77.9 Å². The summed E-state index contributed by atoms with van der Waals surface area (Å²) in [7, 11) is 0. The van der Waals surface area contributed by atoms with Crippen LogP contribution in [0.2, 0.25) is 0 Å². The quantitative estimate of drug-likeness (QED) is 0.496. The molecule has 0 saturated heterocycles. The summed E-state index contributed by atoms with van der Waals surface area (Å²) in [5, 5.41) is 4.56. The molecule has 6 heteroatoms. The van der Waals surface area contributed by atoms with Gasteiger partial charge in [-0.3, -0.25) is 14.8 Å². The van der Waals surface area contributed by atoms with Crippen molar-refractivity contribution in [1.29, 1.82) is 0 Å². The van der Waals surface area contributed by atoms with Crippen molar-refractivity contribution < 1.29 is 13.9 Å². The number of para-hydroxylation sites is 1. The Morgan fingerprint density at radius 3 is 2.90 bits per heavy atom. The Hall–Kier alpha value is -3.54. The van der Waals surface area contributed by atoms with Gasteiger partial charge in [0.25, 0.3) is 5.91 Å². The van der Waals surface area contributed by atoms with E-state index in [1.54, 1.807) is 25.3 Å². The molecule has 0 unspecified atom stereocenters. The zero-order valence-electron chi connectivity index (χ0n) is 16.0. The first-order chi connectivity index (χ1) is 14.1. The molecule has 0 saturated carbocycles. The third kappa shape index (κ3) is 4.16. The predicted octanol–water partition coefficient (Wildman–Crippen LogP) is 4.43. The molecule has 0 bridgehead atoms. The van der Waals surface area contributed by atoms with E-state index >= 15 is 0 Å². The minimum atomic E-state index is -0.373. The maximum Gasteiger partial charge on any atom is 0.252 e. The molecule has 0 aliphatic heterocycles. The van der Waals surface area contributed by atoms with Crippen molar-refractivity contribution in [3.8, 4) is 5.75 Å². The highest BCUT2D eigenvalue weighted by Gasteiger charge is 2.12. The van der Waals surface area contributed by atoms with Gasteiger partial charge in [-0.1, -0.05) is 18.2 Å². The highest BCUT2D eigenvalue weighted by Crippen LogP contribution is 2.23. The molecule has 2 aromatic carbocycles. The van der Waals surface area contributed by atoms with Crippen LogP contribution in [0.5, 0.6) is 5.75 Å². The summed E-state index contributed by atoms with van der Waals surface area (Å²) >= 11 is 0. The van der Waals surface area contributed by atoms with Crippen molar-refractivity contribution >= 4 is 27.7 Å². The normalized spacial score (nSPS) is 11.0. The van der Waals surface area contributed by atoms with Crippen LogP contribution >= 0.6 is 0 Å². The predicted molar refractivity (Wildman–Crippen MR) is 111 cm³/mol. The average molecular weight is 389 g/mol. The van der Waals surface area contributed by atoms with Gasteiger partial charge in [0.1, 0.15) is 17.1 Å². The first-order valence-corrected chi connectivity index (χ1v) is 9.43. The number of aryl methyl sites for hydroxylation is 1. The van der Waals surface area contributed by atoms with Crippen molar-refractivity contribution in [2.45, 2.75) is 13.3 Å². The van der Waals surface area contributed by atoms with Gasteiger partial charge in [0.05, 0.1) is 17.7 Å². The molecule has 4 aromatic rings. The highest BCUT2D eigenvalue weighted by atomic mass is 19.1. The lowest BCUT2D eigenvalue weighted by molar-refractivity contribution is 0.0953. The number of hydrogen-bond acceptors (Lipinski definition) is 4. The van der Waals surface area contributed by atoms with E-state index in [0.717, 1.165) is 16.7 Å². The van der Waals surface area contributed by atoms with E-state index in [4.69, 9.17) is 4.74 Å². The zero-order valence-corrected chi connectivity index (χ0v) is 16.0. The molecule has 0 spiro atoms. The lowest BCUT2D eigenvalue weighted by Gasteiger charge is -2.11. The van der Waals surface area contributed by atoms with Gasteiger partial charge in [0, 0.05) is 35.3 Å². The second-order valence-electron chi connectivity index (χ2n) is 6.76. The Morgan fingerprint density at radius 1 is 1.14 bits per heavy atom. The van der Waals surface area contributed by atoms with Gasteiger partial charge < -0.3 is 10.1 Å². The van der Waals surface area contributed by atoms with E-state index in [1.807, 2.05) is 30.3 Å². The highest BCUT2D eigenvalue weighted by molar-refractivity contribution is 6.06. The van der Waals surface area contributed by atoms with Crippen LogP contribution in [-0.4, -0.2) is 29.0 Å². The Kier molecular flexibility index (Phi) is 5.33. The van der Waals surface area contributed by atoms with Gasteiger partial charge >= 0.3 is 0 Å². The first kappa shape index (κ1) is 18.8. The SMILES string of the molecule is Cc1cc(C(=O)NCCCOc2cccc3cccnc23)c2ccc(F)cc2n1. The number of rotatable bonds is 6. The van der Waals surface area contributed by atoms with Gasteiger partial charge in [-0.2, -0.15) is 0 Å². The van der Waals surface area contributed by atoms with Gasteiger partial charge in [-0.15, -0.1) is 0 Å². The van der Waals surface area contributed by atoms with E-state index < -0.39 is 0 Å². The number of halogens is 1. The molecular formula is C23H20FN3O2. The maximum absolute atomic E-state index is 13.5. The number of pyridine rings is 2. The Morgan fingerprint density at radius 2 is 2.00 bits per heavy atom. The fourth-order valence-corrected chi connectivity index (χ4v) is 3.27. The smallest absolute Gasteiger partial charge is 0.252 e. The van der Waals surface area contributed by atoms with Crippen molar-refractivity contribution in [2.24, 2.45) is 0 Å². The molecule has 0 radical (unpaired) electrons. The molecule has 1 amide bonds. The van der Waals surface area contributed by atoms with Crippen LogP contribution in [0.3, 0.4) is 0 Å². The topological polar surface area (TPSA) is 64.1 Å². The fraction of sp³-hybridized carbons (Fsp3) is 0.174. The van der Waals surface area contributed by atoms with E-state index in [0.29, 0.717) is 41.7 Å². The number of nitrogens with one attached hydrogen (secondary N) is 1. The number of benzene rings is 2. The van der Waals surface area contributed by atoms with Crippen LogP contribution in [0, 0.1) is 12.7 Å². The Bertz CT molecular complexity index is 1180. The van der Waals surface area contributed by atoms with Crippen molar-refractivity contribution in [3.63, 3.8) is 0 Å². The maximum atomic E-state index is 13.5. The van der Waals surface area contributed by atoms with Crippen LogP contribution in [0.25, 0.3) is 21.8 Å². The summed E-state index contributed by atoms with van der Waals surface area (Å²) in [5.74, 6) is 0.146. The molecule has 0 aliphatic carbocycles. The number of carbonyl (C=O) groups is 1. The number of fused-ring (bicyclic) bond motifs is 2. The number of nitrogens with zero attached hydrogens (tertiary/aromatic N) is 2. The third-order valence-electron chi connectivity index (χ3n) is 4.60. The van der Waals surface area contributed by atoms with Crippen LogP contribution in [0.15, 0.2) is 60.8 Å². The summed E-state index contributed by atoms with van der Waals surface area (Å²) < 4.78 is 19.3. The lowest BCUT2D eigenvalue weighted by atomic mass is 10.1. The van der Waals surface area contributed by atoms with Gasteiger partial charge in [0.2, 0.25) is 0 Å². The number of hydrogen-bond donors (Lipinski definition) is 1. The van der Waals surface area contributed by atoms with Gasteiger partial charge in [0.15, 0.2) is 0 Å². The number of ether oxygens (including phenoxy) is 1. The number of aromatic nitrogens is 2. The van der Waals surface area contributed by atoms with E-state index in [2.05, 4.69) is 15.3 Å². The van der Waals surface area contributed by atoms with E-state index in [1.165, 1.54) is 12.1 Å². The standard InChI is InChI=1S/C23H20FN3O2/c1-15-13-19(18-9-8-17(24)14-20(18)27-15)23(28)26-11-4-12-29-21-7-2-5-16-6-3-10-25-22(16)21/h2-3,5-10,13-14H,4,11-12H2,1H3,(H,26,28). The Balaban J connectivity index is 1.36. The molecule has 2 aromatic heterocycles. The van der Waals surface area contributed by atoms with E-state index in [-0.39, 0.29) is 11.7 Å². The van der Waals surface area contributed by atoms with Crippen LogP contribution in [0.4, 0.5) is 4.39 Å². The molecule has 5 nitrogen and oxygen atoms in total. The van der Waals surface area contributed by atoms with Gasteiger partial charge in [-0.25, -0.2) is 4.39 Å².